The summed E-state index contributed by atoms with van der Waals surface area (Å²) in [5.41, 5.74) is 0.337. The Labute approximate surface area is 120 Å². The number of halogens is 1. The minimum atomic E-state index is -0.354. The lowest BCUT2D eigenvalue weighted by Gasteiger charge is -2.27. The lowest BCUT2D eigenvalue weighted by molar-refractivity contribution is 0.445. The molecule has 4 rings (SSSR count). The van der Waals surface area contributed by atoms with Crippen molar-refractivity contribution in [2.75, 3.05) is 5.32 Å². The van der Waals surface area contributed by atoms with E-state index in [2.05, 4.69) is 15.3 Å². The number of aromatic nitrogens is 2. The third-order valence-corrected chi connectivity index (χ3v) is 4.12. The summed E-state index contributed by atoms with van der Waals surface area (Å²) in [7, 11) is 0. The fraction of sp³-hybridized carbons (Fsp3) is 0.250. The van der Waals surface area contributed by atoms with Crippen molar-refractivity contribution in [1.29, 1.82) is 0 Å². The molecule has 0 unspecified atom stereocenters. The molecule has 3 aromatic rings. The Hall–Kier alpha value is -2.43. The van der Waals surface area contributed by atoms with E-state index in [4.69, 9.17) is 0 Å². The average molecular weight is 283 g/mol. The van der Waals surface area contributed by atoms with Gasteiger partial charge in [-0.05, 0) is 43.5 Å². The molecule has 0 bridgehead atoms. The van der Waals surface area contributed by atoms with Gasteiger partial charge in [0.25, 0.3) is 5.56 Å². The van der Waals surface area contributed by atoms with Crippen molar-refractivity contribution in [2.45, 2.75) is 25.3 Å². The molecule has 0 amide bonds. The van der Waals surface area contributed by atoms with E-state index in [0.29, 0.717) is 22.3 Å². The molecule has 0 radical (unpaired) electrons. The maximum Gasteiger partial charge on any atom is 0.258 e. The molecule has 5 heteroatoms. The van der Waals surface area contributed by atoms with Gasteiger partial charge in [-0.2, -0.15) is 0 Å². The minimum absolute atomic E-state index is 0.245. The molecule has 1 aliphatic carbocycles. The Kier molecular flexibility index (Phi) is 2.67. The number of anilines is 1. The summed E-state index contributed by atoms with van der Waals surface area (Å²) in [5, 5.41) is 5.23. The van der Waals surface area contributed by atoms with Crippen LogP contribution in [0, 0.1) is 5.82 Å². The van der Waals surface area contributed by atoms with E-state index < -0.39 is 0 Å². The second kappa shape index (κ2) is 4.55. The fourth-order valence-electron chi connectivity index (χ4n) is 2.79. The van der Waals surface area contributed by atoms with Gasteiger partial charge in [0.05, 0.1) is 10.9 Å². The van der Waals surface area contributed by atoms with Crippen LogP contribution in [0.4, 0.5) is 10.2 Å². The third kappa shape index (κ3) is 1.96. The molecule has 1 aromatic carbocycles. The Morgan fingerprint density at radius 2 is 2.10 bits per heavy atom. The Bertz CT molecular complexity index is 899. The Balaban J connectivity index is 2.06. The van der Waals surface area contributed by atoms with E-state index in [-0.39, 0.29) is 11.4 Å². The third-order valence-electron chi connectivity index (χ3n) is 4.12. The number of fused-ring (bicyclic) bond motifs is 3. The largest absolute Gasteiger partial charge is 0.367 e. The topological polar surface area (TPSA) is 57.8 Å². The number of nitrogens with one attached hydrogen (secondary N) is 2. The second-order valence-corrected chi connectivity index (χ2v) is 5.49. The van der Waals surface area contributed by atoms with Gasteiger partial charge in [-0.3, -0.25) is 4.79 Å². The van der Waals surface area contributed by atoms with Gasteiger partial charge in [-0.25, -0.2) is 9.37 Å². The molecule has 106 valence electrons. The van der Waals surface area contributed by atoms with Crippen LogP contribution in [0.2, 0.25) is 0 Å². The van der Waals surface area contributed by atoms with E-state index in [0.717, 1.165) is 24.0 Å². The van der Waals surface area contributed by atoms with Gasteiger partial charge in [0.15, 0.2) is 0 Å². The summed E-state index contributed by atoms with van der Waals surface area (Å²) in [6.45, 7) is 0. The normalized spacial score (nSPS) is 15.3. The molecule has 1 aliphatic rings. The maximum atomic E-state index is 13.6. The number of hydrogen-bond acceptors (Lipinski definition) is 3. The van der Waals surface area contributed by atoms with Gasteiger partial charge >= 0.3 is 0 Å². The van der Waals surface area contributed by atoms with Crippen LogP contribution in [0.15, 0.2) is 35.3 Å². The summed E-state index contributed by atoms with van der Waals surface area (Å²) in [4.78, 5) is 19.3. The lowest BCUT2D eigenvalue weighted by Crippen LogP contribution is -2.27. The maximum absolute atomic E-state index is 13.6. The minimum Gasteiger partial charge on any atom is -0.367 e. The van der Waals surface area contributed by atoms with Crippen molar-refractivity contribution in [3.05, 3.63) is 46.6 Å². The molecule has 1 fully saturated rings. The molecule has 0 atom stereocenters. The first-order chi connectivity index (χ1) is 10.2. The van der Waals surface area contributed by atoms with E-state index >= 15 is 0 Å². The highest BCUT2D eigenvalue weighted by atomic mass is 19.1. The quantitative estimate of drug-likeness (QED) is 0.710. The molecule has 2 N–H and O–H groups in total. The van der Waals surface area contributed by atoms with Crippen LogP contribution in [0.1, 0.15) is 19.3 Å². The molecule has 0 saturated heterocycles. The number of H-pyrrole nitrogens is 1. The standard InChI is InChI=1S/C16H14FN3O/c17-9-4-5-11-12(8-9)14-13(6-7-18-16(14)21)20-15(11)19-10-2-1-3-10/h4-8,10H,1-3H2,(H,18,21)(H,19,20). The summed E-state index contributed by atoms with van der Waals surface area (Å²) >= 11 is 0. The summed E-state index contributed by atoms with van der Waals surface area (Å²) < 4.78 is 13.6. The molecule has 0 spiro atoms. The van der Waals surface area contributed by atoms with Crippen LogP contribution < -0.4 is 10.9 Å². The summed E-state index contributed by atoms with van der Waals surface area (Å²) in [5.74, 6) is 0.376. The van der Waals surface area contributed by atoms with Gasteiger partial charge in [0, 0.05) is 23.0 Å². The van der Waals surface area contributed by atoms with Crippen LogP contribution >= 0.6 is 0 Å². The molecule has 2 heterocycles. The molecule has 2 aromatic heterocycles. The zero-order chi connectivity index (χ0) is 14.4. The predicted octanol–water partition coefficient (Wildman–Crippen LogP) is 3.18. The van der Waals surface area contributed by atoms with Gasteiger partial charge in [-0.15, -0.1) is 0 Å². The number of nitrogens with zero attached hydrogens (tertiary/aromatic N) is 1. The van der Waals surface area contributed by atoms with E-state index in [9.17, 15) is 9.18 Å². The number of pyridine rings is 2. The van der Waals surface area contributed by atoms with Crippen LogP contribution in [-0.4, -0.2) is 16.0 Å². The zero-order valence-electron chi connectivity index (χ0n) is 11.3. The SMILES string of the molecule is O=c1[nH]ccc2nc(NC3CCC3)c3ccc(F)cc3c12. The molecule has 1 saturated carbocycles. The monoisotopic (exact) mass is 283 g/mol. The first kappa shape index (κ1) is 12.3. The average Bonchev–Trinajstić information content (AvgIpc) is 2.42. The first-order valence-corrected chi connectivity index (χ1v) is 7.09. The fourth-order valence-corrected chi connectivity index (χ4v) is 2.79. The smallest absolute Gasteiger partial charge is 0.258 e. The summed E-state index contributed by atoms with van der Waals surface area (Å²) in [6.07, 6.45) is 5.03. The molecular weight excluding hydrogens is 269 g/mol. The van der Waals surface area contributed by atoms with Crippen molar-refractivity contribution in [3.8, 4) is 0 Å². The van der Waals surface area contributed by atoms with Gasteiger partial charge in [0.1, 0.15) is 11.6 Å². The van der Waals surface area contributed by atoms with Crippen molar-refractivity contribution >= 4 is 27.5 Å². The van der Waals surface area contributed by atoms with E-state index in [1.54, 1.807) is 18.3 Å². The van der Waals surface area contributed by atoms with Crippen molar-refractivity contribution in [2.24, 2.45) is 0 Å². The predicted molar refractivity (Wildman–Crippen MR) is 81.1 cm³/mol. The molecular formula is C16H14FN3O. The van der Waals surface area contributed by atoms with Crippen LogP contribution in [0.3, 0.4) is 0 Å². The van der Waals surface area contributed by atoms with Gasteiger partial charge in [0.2, 0.25) is 0 Å². The Morgan fingerprint density at radius 1 is 1.24 bits per heavy atom. The molecule has 21 heavy (non-hydrogen) atoms. The van der Waals surface area contributed by atoms with Gasteiger partial charge < -0.3 is 10.3 Å². The highest BCUT2D eigenvalue weighted by molar-refractivity contribution is 6.09. The number of hydrogen-bond donors (Lipinski definition) is 2. The lowest BCUT2D eigenvalue weighted by atomic mass is 9.93. The highest BCUT2D eigenvalue weighted by Gasteiger charge is 2.19. The highest BCUT2D eigenvalue weighted by Crippen LogP contribution is 2.31. The number of rotatable bonds is 2. The second-order valence-electron chi connectivity index (χ2n) is 5.49. The molecule has 0 aliphatic heterocycles. The zero-order valence-corrected chi connectivity index (χ0v) is 11.3. The number of benzene rings is 1. The van der Waals surface area contributed by atoms with Crippen molar-refractivity contribution in [3.63, 3.8) is 0 Å². The van der Waals surface area contributed by atoms with Crippen molar-refractivity contribution in [1.82, 2.24) is 9.97 Å². The van der Waals surface area contributed by atoms with Crippen molar-refractivity contribution < 1.29 is 4.39 Å². The van der Waals surface area contributed by atoms with Crippen LogP contribution in [0.5, 0.6) is 0 Å². The first-order valence-electron chi connectivity index (χ1n) is 7.09. The van der Waals surface area contributed by atoms with Crippen LogP contribution in [0.25, 0.3) is 21.7 Å². The number of aromatic amines is 1. The van der Waals surface area contributed by atoms with Gasteiger partial charge in [-0.1, -0.05) is 0 Å². The Morgan fingerprint density at radius 3 is 2.86 bits per heavy atom. The van der Waals surface area contributed by atoms with Crippen LogP contribution in [-0.2, 0) is 0 Å². The van der Waals surface area contributed by atoms with E-state index in [1.165, 1.54) is 18.6 Å². The van der Waals surface area contributed by atoms with E-state index in [1.807, 2.05) is 0 Å². The summed E-state index contributed by atoms with van der Waals surface area (Å²) in [6, 6.07) is 6.65. The molecule has 4 nitrogen and oxygen atoms in total.